The first-order valence-corrected chi connectivity index (χ1v) is 10.6. The van der Waals surface area contributed by atoms with Crippen LogP contribution in [0.1, 0.15) is 29.0 Å². The quantitative estimate of drug-likeness (QED) is 0.259. The van der Waals surface area contributed by atoms with Gasteiger partial charge < -0.3 is 15.0 Å². The molecule has 1 fully saturated rings. The molecule has 3 aromatic rings. The molecule has 2 unspecified atom stereocenters. The van der Waals surface area contributed by atoms with Crippen LogP contribution in [0.2, 0.25) is 0 Å². The number of fused-ring (bicyclic) bond motifs is 2. The normalized spacial score (nSPS) is 23.1. The van der Waals surface area contributed by atoms with Crippen molar-refractivity contribution in [2.45, 2.75) is 30.9 Å². The van der Waals surface area contributed by atoms with Crippen LogP contribution < -0.4 is 16.0 Å². The fourth-order valence-corrected chi connectivity index (χ4v) is 4.36. The maximum absolute atomic E-state index is 13.0. The van der Waals surface area contributed by atoms with Crippen LogP contribution in [0.25, 0.3) is 17.1 Å². The third kappa shape index (κ3) is 4.10. The van der Waals surface area contributed by atoms with E-state index in [2.05, 4.69) is 25.9 Å². The van der Waals surface area contributed by atoms with E-state index in [1.54, 1.807) is 24.5 Å². The van der Waals surface area contributed by atoms with Gasteiger partial charge in [-0.15, -0.1) is 0 Å². The molecule has 1 aliphatic heterocycles. The van der Waals surface area contributed by atoms with Crippen molar-refractivity contribution in [2.75, 3.05) is 6.54 Å². The van der Waals surface area contributed by atoms with Gasteiger partial charge >= 0.3 is 18.1 Å². The number of carbonyl (C=O) groups excluding carboxylic acids is 2. The van der Waals surface area contributed by atoms with Crippen molar-refractivity contribution < 1.29 is 27.5 Å². The lowest BCUT2D eigenvalue weighted by Crippen LogP contribution is -2.65. The molecule has 2 aromatic heterocycles. The van der Waals surface area contributed by atoms with E-state index >= 15 is 0 Å². The zero-order valence-corrected chi connectivity index (χ0v) is 17.7. The molecule has 0 bridgehead atoms. The Balaban J connectivity index is 1.42. The molecule has 11 heteroatoms. The Kier molecular flexibility index (Phi) is 5.28. The number of alkyl halides is 3. The lowest BCUT2D eigenvalue weighted by molar-refractivity contribution is -0.221. The van der Waals surface area contributed by atoms with E-state index in [1.807, 2.05) is 24.3 Å². The number of hydrogen-bond acceptors (Lipinski definition) is 6. The summed E-state index contributed by atoms with van der Waals surface area (Å²) in [6.07, 6.45) is 1.03. The molecule has 4 N–H and O–H groups in total. The largest absolute Gasteiger partial charge is 0.491 e. The lowest BCUT2D eigenvalue weighted by atomic mass is 10.0. The topological polar surface area (TPSA) is 108 Å². The predicted molar refractivity (Wildman–Crippen MR) is 116 cm³/mol. The first-order valence-electron chi connectivity index (χ1n) is 10.6. The van der Waals surface area contributed by atoms with Gasteiger partial charge in [0.05, 0.1) is 0 Å². The minimum absolute atomic E-state index is 0.0240. The fraction of sp³-hybridized carbons (Fsp3) is 0.261. The van der Waals surface area contributed by atoms with Crippen molar-refractivity contribution in [1.82, 2.24) is 25.9 Å². The van der Waals surface area contributed by atoms with Gasteiger partial charge in [0.1, 0.15) is 11.3 Å². The first-order chi connectivity index (χ1) is 16.2. The average Bonchev–Trinajstić information content (AvgIpc) is 3.48. The molecule has 2 atom stereocenters. The van der Waals surface area contributed by atoms with Crippen molar-refractivity contribution in [3.8, 4) is 0 Å². The Bertz CT molecular complexity index is 1300. The summed E-state index contributed by atoms with van der Waals surface area (Å²) in [7, 11) is 0. The molecule has 3 heterocycles. The smallest absolute Gasteiger partial charge is 0.399 e. The van der Waals surface area contributed by atoms with E-state index in [-0.39, 0.29) is 18.2 Å². The molecule has 0 saturated carbocycles. The van der Waals surface area contributed by atoms with Gasteiger partial charge in [-0.2, -0.15) is 13.2 Å². The number of aromatic amines is 1. The summed E-state index contributed by atoms with van der Waals surface area (Å²) in [5.41, 5.74) is 3.33. The van der Waals surface area contributed by atoms with Gasteiger partial charge in [-0.25, -0.2) is 15.1 Å². The molecular weight excluding hydrogens is 451 g/mol. The highest BCUT2D eigenvalue weighted by atomic mass is 19.4. The maximum atomic E-state index is 13.0. The minimum atomic E-state index is -5.24. The molecule has 0 spiro atoms. The SMILES string of the molecule is O=C1NC(NCC2CCc3ccccc32)(OC(=O)C(F)(F)F)NC1=Cc1c[nH]c2ncccc12. The number of pyridine rings is 1. The molecule has 1 aromatic carbocycles. The summed E-state index contributed by atoms with van der Waals surface area (Å²) in [6, 6.07) is 11.3. The molecule has 34 heavy (non-hydrogen) atoms. The molecular formula is C23H20F3N5O3. The van der Waals surface area contributed by atoms with Gasteiger partial charge in [0.25, 0.3) is 5.91 Å². The van der Waals surface area contributed by atoms with E-state index in [1.165, 1.54) is 6.08 Å². The van der Waals surface area contributed by atoms with Crippen LogP contribution in [0.15, 0.2) is 54.5 Å². The molecule has 1 saturated heterocycles. The highest BCUT2D eigenvalue weighted by Gasteiger charge is 2.51. The number of aryl methyl sites for hydroxylation is 1. The Morgan fingerprint density at radius 1 is 1.24 bits per heavy atom. The number of carbonyl (C=O) groups is 2. The number of nitrogens with one attached hydrogen (secondary N) is 4. The van der Waals surface area contributed by atoms with Crippen molar-refractivity contribution >= 4 is 29.0 Å². The maximum Gasteiger partial charge on any atom is 0.491 e. The van der Waals surface area contributed by atoms with Crippen LogP contribution in [0.5, 0.6) is 0 Å². The van der Waals surface area contributed by atoms with Crippen molar-refractivity contribution in [3.05, 3.63) is 71.2 Å². The van der Waals surface area contributed by atoms with E-state index < -0.39 is 24.0 Å². The minimum Gasteiger partial charge on any atom is -0.399 e. The number of halogens is 3. The van der Waals surface area contributed by atoms with Gasteiger partial charge in [0, 0.05) is 29.9 Å². The second-order valence-electron chi connectivity index (χ2n) is 8.16. The fourth-order valence-electron chi connectivity index (χ4n) is 4.36. The first kappa shape index (κ1) is 22.0. The van der Waals surface area contributed by atoms with Crippen LogP contribution in [0.3, 0.4) is 0 Å². The Hall–Kier alpha value is -3.86. The zero-order chi connectivity index (χ0) is 23.9. The van der Waals surface area contributed by atoms with Crippen LogP contribution in [0.4, 0.5) is 13.2 Å². The van der Waals surface area contributed by atoms with Gasteiger partial charge in [0.15, 0.2) is 0 Å². The second-order valence-corrected chi connectivity index (χ2v) is 8.16. The van der Waals surface area contributed by atoms with E-state index in [4.69, 9.17) is 4.74 Å². The molecule has 0 radical (unpaired) electrons. The Labute approximate surface area is 191 Å². The van der Waals surface area contributed by atoms with E-state index in [9.17, 15) is 22.8 Å². The highest BCUT2D eigenvalue weighted by molar-refractivity contribution is 6.02. The van der Waals surface area contributed by atoms with Crippen LogP contribution >= 0.6 is 0 Å². The Morgan fingerprint density at radius 3 is 2.88 bits per heavy atom. The summed E-state index contributed by atoms with van der Waals surface area (Å²) in [6.45, 7) is 0.166. The Morgan fingerprint density at radius 2 is 2.06 bits per heavy atom. The summed E-state index contributed by atoms with van der Waals surface area (Å²) in [5, 5.41) is 8.47. The number of esters is 1. The van der Waals surface area contributed by atoms with Gasteiger partial charge in [-0.1, -0.05) is 24.3 Å². The van der Waals surface area contributed by atoms with Gasteiger partial charge in [-0.3, -0.25) is 10.1 Å². The monoisotopic (exact) mass is 471 g/mol. The van der Waals surface area contributed by atoms with E-state index in [0.29, 0.717) is 16.6 Å². The lowest BCUT2D eigenvalue weighted by Gasteiger charge is -2.31. The number of benzene rings is 1. The second kappa shape index (κ2) is 8.17. The summed E-state index contributed by atoms with van der Waals surface area (Å²) >= 11 is 0. The zero-order valence-electron chi connectivity index (χ0n) is 17.7. The van der Waals surface area contributed by atoms with Gasteiger partial charge in [0.2, 0.25) is 0 Å². The van der Waals surface area contributed by atoms with E-state index in [0.717, 1.165) is 24.0 Å². The third-order valence-electron chi connectivity index (χ3n) is 5.96. The number of rotatable bonds is 5. The molecule has 176 valence electrons. The van der Waals surface area contributed by atoms with Gasteiger partial charge in [-0.05, 0) is 48.1 Å². The average molecular weight is 471 g/mol. The molecule has 2 aliphatic rings. The number of nitrogens with zero attached hydrogens (tertiary/aromatic N) is 1. The van der Waals surface area contributed by atoms with Crippen molar-refractivity contribution in [2.24, 2.45) is 0 Å². The summed E-state index contributed by atoms with van der Waals surface area (Å²) in [5.74, 6) is -5.44. The number of amides is 1. The molecule has 5 rings (SSSR count). The third-order valence-corrected chi connectivity index (χ3v) is 5.96. The standard InChI is InChI=1S/C23H20F3N5O3/c24-22(25,26)21(33)34-23(29-12-14-8-7-13-4-1-2-5-16(13)14)30-18(20(32)31-23)10-15-11-28-19-17(15)6-3-9-27-19/h1-6,9-11,14,29-30H,7-8,12H2,(H,27,28)(H,31,32). The molecule has 1 aliphatic carbocycles. The number of H-pyrrole nitrogens is 1. The summed E-state index contributed by atoms with van der Waals surface area (Å²) in [4.78, 5) is 31.5. The van der Waals surface area contributed by atoms with Crippen LogP contribution in [-0.4, -0.2) is 40.5 Å². The van der Waals surface area contributed by atoms with Crippen LogP contribution in [0, 0.1) is 0 Å². The predicted octanol–water partition coefficient (Wildman–Crippen LogP) is 2.66. The molecule has 1 amide bonds. The number of hydrogen-bond donors (Lipinski definition) is 4. The van der Waals surface area contributed by atoms with Crippen molar-refractivity contribution in [1.29, 1.82) is 0 Å². The highest BCUT2D eigenvalue weighted by Crippen LogP contribution is 2.33. The van der Waals surface area contributed by atoms with Crippen molar-refractivity contribution in [3.63, 3.8) is 0 Å². The number of ether oxygens (including phenoxy) is 1. The summed E-state index contributed by atoms with van der Waals surface area (Å²) < 4.78 is 43.8. The molecule has 8 nitrogen and oxygen atoms in total. The van der Waals surface area contributed by atoms with Crippen LogP contribution in [-0.2, 0) is 20.7 Å². The number of aromatic nitrogens is 2.